The van der Waals surface area contributed by atoms with E-state index in [4.69, 9.17) is 4.74 Å². The van der Waals surface area contributed by atoms with Gasteiger partial charge in [0.2, 0.25) is 0 Å². The molecule has 0 saturated carbocycles. The third-order valence-corrected chi connectivity index (χ3v) is 3.40. The highest BCUT2D eigenvalue weighted by molar-refractivity contribution is 5.35. The lowest BCUT2D eigenvalue weighted by atomic mass is 10.0. The maximum absolute atomic E-state index is 10.0. The second-order valence-electron chi connectivity index (χ2n) is 5.65. The monoisotopic (exact) mass is 300 g/mol. The number of hydrogen-bond donors (Lipinski definition) is 2. The first kappa shape index (κ1) is 16.5. The zero-order chi connectivity index (χ0) is 15.8. The van der Waals surface area contributed by atoms with Gasteiger partial charge in [-0.15, -0.1) is 0 Å². The topological polar surface area (TPSA) is 54.4 Å². The molecule has 118 valence electrons. The van der Waals surface area contributed by atoms with E-state index in [-0.39, 0.29) is 6.61 Å². The number of benzene rings is 1. The SMILES string of the molecule is CC(C)c1ccccc1OCC(O)CNCc1cccnc1. The molecular weight excluding hydrogens is 276 g/mol. The summed E-state index contributed by atoms with van der Waals surface area (Å²) in [5.74, 6) is 1.25. The third kappa shape index (κ3) is 5.13. The zero-order valence-corrected chi connectivity index (χ0v) is 13.2. The van der Waals surface area contributed by atoms with E-state index in [9.17, 15) is 5.11 Å². The first-order valence-corrected chi connectivity index (χ1v) is 7.66. The van der Waals surface area contributed by atoms with E-state index in [1.807, 2.05) is 36.5 Å². The van der Waals surface area contributed by atoms with Gasteiger partial charge in [0, 0.05) is 25.5 Å². The minimum absolute atomic E-state index is 0.282. The fraction of sp³-hybridized carbons (Fsp3) is 0.389. The molecule has 0 aliphatic rings. The lowest BCUT2D eigenvalue weighted by Gasteiger charge is -2.17. The van der Waals surface area contributed by atoms with Crippen LogP contribution >= 0.6 is 0 Å². The van der Waals surface area contributed by atoms with Crippen LogP contribution in [0.5, 0.6) is 5.75 Å². The minimum Gasteiger partial charge on any atom is -0.491 e. The largest absolute Gasteiger partial charge is 0.491 e. The molecule has 0 fully saturated rings. The van der Waals surface area contributed by atoms with Gasteiger partial charge >= 0.3 is 0 Å². The molecule has 2 N–H and O–H groups in total. The summed E-state index contributed by atoms with van der Waals surface area (Å²) in [6.07, 6.45) is 3.02. The smallest absolute Gasteiger partial charge is 0.122 e. The van der Waals surface area contributed by atoms with Crippen molar-refractivity contribution >= 4 is 0 Å². The Morgan fingerprint density at radius 2 is 2.00 bits per heavy atom. The number of aliphatic hydroxyl groups excluding tert-OH is 1. The molecule has 1 aromatic carbocycles. The van der Waals surface area contributed by atoms with Crippen molar-refractivity contribution in [3.8, 4) is 5.75 Å². The summed E-state index contributed by atoms with van der Waals surface area (Å²) in [7, 11) is 0. The Balaban J connectivity index is 1.75. The van der Waals surface area contributed by atoms with Crippen molar-refractivity contribution in [3.05, 3.63) is 59.9 Å². The first-order valence-electron chi connectivity index (χ1n) is 7.66. The molecule has 22 heavy (non-hydrogen) atoms. The summed E-state index contributed by atoms with van der Waals surface area (Å²) in [6.45, 7) is 5.72. The molecule has 0 saturated heterocycles. The lowest BCUT2D eigenvalue weighted by molar-refractivity contribution is 0.105. The summed E-state index contributed by atoms with van der Waals surface area (Å²) < 4.78 is 5.76. The fourth-order valence-electron chi connectivity index (χ4n) is 2.22. The van der Waals surface area contributed by atoms with Crippen LogP contribution in [-0.2, 0) is 6.54 Å². The number of aliphatic hydroxyl groups is 1. The van der Waals surface area contributed by atoms with Crippen LogP contribution in [0.4, 0.5) is 0 Å². The third-order valence-electron chi connectivity index (χ3n) is 3.40. The van der Waals surface area contributed by atoms with Gasteiger partial charge in [0.15, 0.2) is 0 Å². The molecule has 2 rings (SSSR count). The Hall–Kier alpha value is -1.91. The molecular formula is C18H24N2O2. The van der Waals surface area contributed by atoms with E-state index >= 15 is 0 Å². The molecule has 0 spiro atoms. The van der Waals surface area contributed by atoms with Gasteiger partial charge in [-0.05, 0) is 29.2 Å². The molecule has 4 nitrogen and oxygen atoms in total. The van der Waals surface area contributed by atoms with Crippen molar-refractivity contribution in [2.45, 2.75) is 32.4 Å². The van der Waals surface area contributed by atoms with Crippen molar-refractivity contribution in [1.29, 1.82) is 0 Å². The molecule has 2 aromatic rings. The molecule has 1 atom stereocenters. The van der Waals surface area contributed by atoms with E-state index in [1.165, 1.54) is 0 Å². The van der Waals surface area contributed by atoms with Crippen molar-refractivity contribution in [3.63, 3.8) is 0 Å². The Labute approximate surface area is 132 Å². The average molecular weight is 300 g/mol. The van der Waals surface area contributed by atoms with Gasteiger partial charge in [-0.3, -0.25) is 4.98 Å². The molecule has 1 heterocycles. The van der Waals surface area contributed by atoms with Crippen molar-refractivity contribution in [1.82, 2.24) is 10.3 Å². The van der Waals surface area contributed by atoms with E-state index < -0.39 is 6.10 Å². The van der Waals surface area contributed by atoms with E-state index in [1.54, 1.807) is 6.20 Å². The predicted molar refractivity (Wildman–Crippen MR) is 88.0 cm³/mol. The number of pyridine rings is 1. The molecule has 1 aromatic heterocycles. The number of nitrogens with one attached hydrogen (secondary N) is 1. The zero-order valence-electron chi connectivity index (χ0n) is 13.2. The molecule has 0 bridgehead atoms. The molecule has 4 heteroatoms. The Bertz CT molecular complexity index is 558. The van der Waals surface area contributed by atoms with Crippen LogP contribution in [0.3, 0.4) is 0 Å². The summed E-state index contributed by atoms with van der Waals surface area (Å²) in [4.78, 5) is 4.06. The highest BCUT2D eigenvalue weighted by Gasteiger charge is 2.09. The molecule has 0 radical (unpaired) electrons. The van der Waals surface area contributed by atoms with Crippen LogP contribution in [0.1, 0.15) is 30.9 Å². The second-order valence-corrected chi connectivity index (χ2v) is 5.65. The maximum atomic E-state index is 10.0. The molecule has 1 unspecified atom stereocenters. The molecule has 0 aliphatic carbocycles. The van der Waals surface area contributed by atoms with Crippen LogP contribution < -0.4 is 10.1 Å². The second kappa shape index (κ2) is 8.51. The highest BCUT2D eigenvalue weighted by Crippen LogP contribution is 2.25. The van der Waals surface area contributed by atoms with E-state index in [2.05, 4.69) is 30.2 Å². The number of hydrogen-bond acceptors (Lipinski definition) is 4. The number of para-hydroxylation sites is 1. The summed E-state index contributed by atoms with van der Waals surface area (Å²) in [6, 6.07) is 11.9. The van der Waals surface area contributed by atoms with Crippen molar-refractivity contribution < 1.29 is 9.84 Å². The maximum Gasteiger partial charge on any atom is 0.122 e. The normalized spacial score (nSPS) is 12.4. The quantitative estimate of drug-likeness (QED) is 0.787. The Morgan fingerprint density at radius 3 is 2.73 bits per heavy atom. The van der Waals surface area contributed by atoms with Crippen LogP contribution in [0, 0.1) is 0 Å². The molecule has 0 aliphatic heterocycles. The number of ether oxygens (including phenoxy) is 1. The van der Waals surface area contributed by atoms with Gasteiger partial charge in [0.25, 0.3) is 0 Å². The average Bonchev–Trinajstić information content (AvgIpc) is 2.54. The van der Waals surface area contributed by atoms with E-state index in [0.717, 1.165) is 16.9 Å². The van der Waals surface area contributed by atoms with Gasteiger partial charge in [-0.1, -0.05) is 38.1 Å². The summed E-state index contributed by atoms with van der Waals surface area (Å²) in [5, 5.41) is 13.2. The summed E-state index contributed by atoms with van der Waals surface area (Å²) in [5.41, 5.74) is 2.26. The van der Waals surface area contributed by atoms with Crippen LogP contribution in [0.25, 0.3) is 0 Å². The van der Waals surface area contributed by atoms with E-state index in [0.29, 0.717) is 19.0 Å². The van der Waals surface area contributed by atoms with Crippen LogP contribution in [0.15, 0.2) is 48.8 Å². The number of aromatic nitrogens is 1. The molecule has 0 amide bonds. The van der Waals surface area contributed by atoms with Crippen molar-refractivity contribution in [2.24, 2.45) is 0 Å². The van der Waals surface area contributed by atoms with Gasteiger partial charge < -0.3 is 15.2 Å². The van der Waals surface area contributed by atoms with Gasteiger partial charge in [-0.25, -0.2) is 0 Å². The van der Waals surface area contributed by atoms with Gasteiger partial charge in [0.05, 0.1) is 0 Å². The van der Waals surface area contributed by atoms with Crippen molar-refractivity contribution in [2.75, 3.05) is 13.2 Å². The van der Waals surface area contributed by atoms with Crippen LogP contribution in [0.2, 0.25) is 0 Å². The summed E-state index contributed by atoms with van der Waals surface area (Å²) >= 11 is 0. The van der Waals surface area contributed by atoms with Gasteiger partial charge in [0.1, 0.15) is 18.5 Å². The Kier molecular flexibility index (Phi) is 6.37. The highest BCUT2D eigenvalue weighted by atomic mass is 16.5. The number of rotatable bonds is 8. The Morgan fingerprint density at radius 1 is 1.18 bits per heavy atom. The predicted octanol–water partition coefficient (Wildman–Crippen LogP) is 2.73. The standard InChI is InChI=1S/C18H24N2O2/c1-14(2)17-7-3-4-8-18(17)22-13-16(21)12-20-11-15-6-5-9-19-10-15/h3-10,14,16,20-21H,11-13H2,1-2H3. The van der Waals surface area contributed by atoms with Gasteiger partial charge in [-0.2, -0.15) is 0 Å². The minimum atomic E-state index is -0.545. The fourth-order valence-corrected chi connectivity index (χ4v) is 2.22. The first-order chi connectivity index (χ1) is 10.7. The lowest BCUT2D eigenvalue weighted by Crippen LogP contribution is -2.31. The number of nitrogens with zero attached hydrogens (tertiary/aromatic N) is 1. The van der Waals surface area contributed by atoms with Crippen LogP contribution in [-0.4, -0.2) is 29.3 Å².